The number of fused-ring (bicyclic) bond motifs is 1. The van der Waals surface area contributed by atoms with Crippen molar-refractivity contribution < 1.29 is 4.79 Å². The Morgan fingerprint density at radius 2 is 1.97 bits per heavy atom. The van der Waals surface area contributed by atoms with E-state index < -0.39 is 0 Å². The van der Waals surface area contributed by atoms with Crippen LogP contribution in [0.2, 0.25) is 0 Å². The summed E-state index contributed by atoms with van der Waals surface area (Å²) in [4.78, 5) is 16.6. The summed E-state index contributed by atoms with van der Waals surface area (Å²) < 4.78 is 2.17. The first-order chi connectivity index (χ1) is 14.5. The van der Waals surface area contributed by atoms with Crippen LogP contribution in [0.3, 0.4) is 0 Å². The average Bonchev–Trinajstić information content (AvgIpc) is 3.37. The molecule has 0 bridgehead atoms. The summed E-state index contributed by atoms with van der Waals surface area (Å²) in [6.45, 7) is 11.6. The van der Waals surface area contributed by atoms with Crippen molar-refractivity contribution in [2.24, 2.45) is 0 Å². The van der Waals surface area contributed by atoms with Gasteiger partial charge in [0.1, 0.15) is 5.00 Å². The number of amides is 2. The van der Waals surface area contributed by atoms with E-state index in [-0.39, 0.29) is 12.1 Å². The van der Waals surface area contributed by atoms with Crippen molar-refractivity contribution in [3.63, 3.8) is 0 Å². The van der Waals surface area contributed by atoms with Crippen LogP contribution in [0.15, 0.2) is 42.7 Å². The summed E-state index contributed by atoms with van der Waals surface area (Å²) in [6.07, 6.45) is 5.20. The van der Waals surface area contributed by atoms with E-state index in [0.717, 1.165) is 31.7 Å². The SMILES string of the molecule is CCN1CCc2c(sc(-n3cccc3)c2[C@H](C)NC(=O)Nc2ccc(C)c(C)c2)C1. The molecule has 0 saturated carbocycles. The molecule has 2 amide bonds. The third-order valence-electron chi connectivity index (χ3n) is 5.99. The Morgan fingerprint density at radius 3 is 2.67 bits per heavy atom. The van der Waals surface area contributed by atoms with E-state index in [4.69, 9.17) is 0 Å². The lowest BCUT2D eigenvalue weighted by Crippen LogP contribution is -2.33. The number of aromatic nitrogens is 1. The summed E-state index contributed by atoms with van der Waals surface area (Å²) in [6, 6.07) is 9.84. The molecule has 5 nitrogen and oxygen atoms in total. The van der Waals surface area contributed by atoms with E-state index >= 15 is 0 Å². The molecule has 30 heavy (non-hydrogen) atoms. The number of benzene rings is 1. The molecule has 2 N–H and O–H groups in total. The number of urea groups is 1. The van der Waals surface area contributed by atoms with E-state index in [1.54, 1.807) is 0 Å². The van der Waals surface area contributed by atoms with Gasteiger partial charge < -0.3 is 15.2 Å². The summed E-state index contributed by atoms with van der Waals surface area (Å²) in [5, 5.41) is 7.37. The first-order valence-corrected chi connectivity index (χ1v) is 11.4. The van der Waals surface area contributed by atoms with E-state index in [2.05, 4.69) is 60.2 Å². The zero-order valence-electron chi connectivity index (χ0n) is 18.2. The Morgan fingerprint density at radius 1 is 1.20 bits per heavy atom. The number of aryl methyl sites for hydroxylation is 2. The molecule has 1 aliphatic rings. The van der Waals surface area contributed by atoms with Crippen LogP contribution in [0.25, 0.3) is 5.00 Å². The second kappa shape index (κ2) is 8.66. The second-order valence-corrected chi connectivity index (χ2v) is 9.13. The Labute approximate surface area is 182 Å². The Bertz CT molecular complexity index is 1040. The fourth-order valence-corrected chi connectivity index (χ4v) is 5.55. The summed E-state index contributed by atoms with van der Waals surface area (Å²) in [5.41, 5.74) is 5.86. The first-order valence-electron chi connectivity index (χ1n) is 10.6. The maximum absolute atomic E-state index is 12.7. The number of hydrogen-bond acceptors (Lipinski definition) is 3. The molecule has 0 unspecified atom stereocenters. The third-order valence-corrected chi connectivity index (χ3v) is 7.23. The van der Waals surface area contributed by atoms with E-state index in [1.165, 1.54) is 32.1 Å². The zero-order chi connectivity index (χ0) is 21.3. The minimum atomic E-state index is -0.171. The molecule has 0 radical (unpaired) electrons. The van der Waals surface area contributed by atoms with Crippen molar-refractivity contribution in [1.29, 1.82) is 0 Å². The van der Waals surface area contributed by atoms with Crippen LogP contribution in [-0.4, -0.2) is 28.6 Å². The summed E-state index contributed by atoms with van der Waals surface area (Å²) in [7, 11) is 0. The molecular weight excluding hydrogens is 392 g/mol. The van der Waals surface area contributed by atoms with E-state index in [9.17, 15) is 4.79 Å². The number of nitrogens with zero attached hydrogens (tertiary/aromatic N) is 2. The van der Waals surface area contributed by atoms with Gasteiger partial charge in [-0.1, -0.05) is 13.0 Å². The first kappa shape index (κ1) is 20.7. The molecule has 3 aromatic rings. The van der Waals surface area contributed by atoms with Crippen molar-refractivity contribution in [3.05, 3.63) is 69.9 Å². The van der Waals surface area contributed by atoms with Crippen LogP contribution in [-0.2, 0) is 13.0 Å². The number of rotatable bonds is 5. The van der Waals surface area contributed by atoms with Gasteiger partial charge in [-0.3, -0.25) is 4.90 Å². The highest BCUT2D eigenvalue weighted by Crippen LogP contribution is 2.39. The maximum Gasteiger partial charge on any atom is 0.319 e. The smallest absolute Gasteiger partial charge is 0.319 e. The standard InChI is InChI=1S/C24H30N4OS/c1-5-27-13-10-20-21(15-27)30-23(28-11-6-7-12-28)22(20)18(4)25-24(29)26-19-9-8-16(2)17(3)14-19/h6-9,11-12,14,18H,5,10,13,15H2,1-4H3,(H2,25,26,29)/t18-/m0/s1. The highest BCUT2D eigenvalue weighted by atomic mass is 32.1. The number of nitrogens with one attached hydrogen (secondary N) is 2. The van der Waals surface area contributed by atoms with Gasteiger partial charge in [-0.15, -0.1) is 11.3 Å². The van der Waals surface area contributed by atoms with Gasteiger partial charge in [0.05, 0.1) is 6.04 Å². The van der Waals surface area contributed by atoms with Gasteiger partial charge in [0.2, 0.25) is 0 Å². The van der Waals surface area contributed by atoms with Crippen LogP contribution in [0.5, 0.6) is 0 Å². The lowest BCUT2D eigenvalue weighted by Gasteiger charge is -2.26. The molecule has 158 valence electrons. The van der Waals surface area contributed by atoms with Gasteiger partial charge >= 0.3 is 6.03 Å². The monoisotopic (exact) mass is 422 g/mol. The normalized spacial score (nSPS) is 14.9. The molecule has 1 aromatic carbocycles. The number of carbonyl (C=O) groups is 1. The van der Waals surface area contributed by atoms with Gasteiger partial charge in [-0.2, -0.15) is 0 Å². The molecule has 3 heterocycles. The Balaban J connectivity index is 1.58. The maximum atomic E-state index is 12.7. The van der Waals surface area contributed by atoms with Crippen LogP contribution in [0, 0.1) is 13.8 Å². The van der Waals surface area contributed by atoms with Crippen molar-refractivity contribution in [2.75, 3.05) is 18.4 Å². The Hall–Kier alpha value is -2.57. The number of carbonyl (C=O) groups excluding carboxylic acids is 1. The molecule has 0 fully saturated rings. The Kier molecular flexibility index (Phi) is 5.97. The minimum absolute atomic E-state index is 0.0814. The highest BCUT2D eigenvalue weighted by molar-refractivity contribution is 7.15. The third kappa shape index (κ3) is 4.16. The molecule has 4 rings (SSSR count). The van der Waals surface area contributed by atoms with Gasteiger partial charge in [0.15, 0.2) is 0 Å². The average molecular weight is 423 g/mol. The predicted molar refractivity (Wildman–Crippen MR) is 125 cm³/mol. The highest BCUT2D eigenvalue weighted by Gasteiger charge is 2.27. The molecule has 0 spiro atoms. The van der Waals surface area contributed by atoms with Gasteiger partial charge in [-0.05, 0) is 74.7 Å². The molecular formula is C24H30N4OS. The largest absolute Gasteiger partial charge is 0.331 e. The summed E-state index contributed by atoms with van der Waals surface area (Å²) in [5.74, 6) is 0. The van der Waals surface area contributed by atoms with Crippen molar-refractivity contribution >= 4 is 23.1 Å². The topological polar surface area (TPSA) is 49.3 Å². The van der Waals surface area contributed by atoms with Crippen LogP contribution in [0.4, 0.5) is 10.5 Å². The molecule has 2 aromatic heterocycles. The lowest BCUT2D eigenvalue weighted by molar-refractivity contribution is 0.249. The predicted octanol–water partition coefficient (Wildman–Crippen LogP) is 5.42. The minimum Gasteiger partial charge on any atom is -0.331 e. The van der Waals surface area contributed by atoms with E-state index in [1.807, 2.05) is 41.7 Å². The van der Waals surface area contributed by atoms with Crippen LogP contribution < -0.4 is 10.6 Å². The van der Waals surface area contributed by atoms with Gasteiger partial charge in [0, 0.05) is 41.6 Å². The molecule has 0 saturated heterocycles. The number of likely N-dealkylation sites (N-methyl/N-ethyl adjacent to an activating group) is 1. The number of anilines is 1. The zero-order valence-corrected chi connectivity index (χ0v) is 19.0. The summed E-state index contributed by atoms with van der Waals surface area (Å²) >= 11 is 1.85. The van der Waals surface area contributed by atoms with E-state index in [0.29, 0.717) is 0 Å². The van der Waals surface area contributed by atoms with Crippen molar-refractivity contribution in [1.82, 2.24) is 14.8 Å². The van der Waals surface area contributed by atoms with Crippen molar-refractivity contribution in [3.8, 4) is 5.00 Å². The molecule has 1 aliphatic heterocycles. The molecule has 1 atom stereocenters. The number of hydrogen-bond donors (Lipinski definition) is 2. The van der Waals surface area contributed by atoms with Gasteiger partial charge in [0.25, 0.3) is 0 Å². The quantitative estimate of drug-likeness (QED) is 0.577. The fraction of sp³-hybridized carbons (Fsp3) is 0.375. The van der Waals surface area contributed by atoms with Gasteiger partial charge in [-0.25, -0.2) is 4.79 Å². The second-order valence-electron chi connectivity index (χ2n) is 8.05. The van der Waals surface area contributed by atoms with Crippen LogP contribution >= 0.6 is 11.3 Å². The molecule has 6 heteroatoms. The van der Waals surface area contributed by atoms with Crippen molar-refractivity contribution in [2.45, 2.75) is 46.7 Å². The van der Waals surface area contributed by atoms with Crippen LogP contribution in [0.1, 0.15) is 47.0 Å². The number of thiophene rings is 1. The fourth-order valence-electron chi connectivity index (χ4n) is 4.10. The molecule has 0 aliphatic carbocycles. The lowest BCUT2D eigenvalue weighted by atomic mass is 9.98.